The highest BCUT2D eigenvalue weighted by atomic mass is 16.3. The second-order valence-corrected chi connectivity index (χ2v) is 3.50. The van der Waals surface area contributed by atoms with Crippen LogP contribution < -0.4 is 0 Å². The fourth-order valence-corrected chi connectivity index (χ4v) is 1.79. The fourth-order valence-electron chi connectivity index (χ4n) is 1.79. The second kappa shape index (κ2) is 3.38. The molecule has 1 aliphatic rings. The average Bonchev–Trinajstić information content (AvgIpc) is 2.47. The molecule has 2 rings (SSSR count). The van der Waals surface area contributed by atoms with Crippen LogP contribution in [0.2, 0.25) is 0 Å². The van der Waals surface area contributed by atoms with Crippen molar-refractivity contribution in [3.63, 3.8) is 0 Å². The van der Waals surface area contributed by atoms with Crippen LogP contribution in [0.3, 0.4) is 0 Å². The lowest BCUT2D eigenvalue weighted by molar-refractivity contribution is -0.134. The molecule has 1 amide bonds. The van der Waals surface area contributed by atoms with Gasteiger partial charge in [0.05, 0.1) is 6.04 Å². The summed E-state index contributed by atoms with van der Waals surface area (Å²) in [4.78, 5) is 16.9. The third-order valence-electron chi connectivity index (χ3n) is 2.62. The highest BCUT2D eigenvalue weighted by molar-refractivity contribution is 5.83. The molecule has 1 N–H and O–H groups in total. The summed E-state index contributed by atoms with van der Waals surface area (Å²) in [5.41, 5.74) is 0.972. The Hall–Kier alpha value is -1.42. The molecule has 0 spiro atoms. The Labute approximate surface area is 82.2 Å². The summed E-state index contributed by atoms with van der Waals surface area (Å²) in [5, 5.41) is 9.39. The molecule has 1 saturated heterocycles. The van der Waals surface area contributed by atoms with Crippen molar-refractivity contribution in [1.29, 1.82) is 0 Å². The van der Waals surface area contributed by atoms with Crippen LogP contribution in [0.4, 0.5) is 0 Å². The summed E-state index contributed by atoms with van der Waals surface area (Å²) in [5.74, 6) is -0.209. The van der Waals surface area contributed by atoms with Crippen molar-refractivity contribution in [3.05, 3.63) is 30.1 Å². The second-order valence-electron chi connectivity index (χ2n) is 3.50. The van der Waals surface area contributed by atoms with Gasteiger partial charge in [-0.05, 0) is 11.6 Å². The Morgan fingerprint density at radius 3 is 2.93 bits per heavy atom. The molecule has 0 saturated carbocycles. The van der Waals surface area contributed by atoms with Crippen molar-refractivity contribution in [3.8, 4) is 0 Å². The zero-order chi connectivity index (χ0) is 10.1. The van der Waals surface area contributed by atoms with Crippen molar-refractivity contribution in [2.24, 2.45) is 0 Å². The number of aliphatic hydroxyl groups is 1. The van der Waals surface area contributed by atoms with Crippen molar-refractivity contribution in [2.45, 2.75) is 18.6 Å². The van der Waals surface area contributed by atoms with Gasteiger partial charge >= 0.3 is 0 Å². The molecule has 0 aromatic carbocycles. The lowest BCUT2D eigenvalue weighted by atomic mass is 10.1. The van der Waals surface area contributed by atoms with Gasteiger partial charge in [-0.15, -0.1) is 0 Å². The first-order valence-electron chi connectivity index (χ1n) is 4.55. The lowest BCUT2D eigenvalue weighted by Gasteiger charge is -2.18. The van der Waals surface area contributed by atoms with Crippen LogP contribution in [0.25, 0.3) is 0 Å². The number of carbonyl (C=O) groups is 1. The molecule has 4 nitrogen and oxygen atoms in total. The van der Waals surface area contributed by atoms with Gasteiger partial charge in [0, 0.05) is 25.9 Å². The molecule has 0 aliphatic carbocycles. The quantitative estimate of drug-likeness (QED) is 0.698. The maximum Gasteiger partial charge on any atom is 0.251 e. The van der Waals surface area contributed by atoms with Crippen LogP contribution in [0.15, 0.2) is 24.5 Å². The van der Waals surface area contributed by atoms with Crippen LogP contribution in [0, 0.1) is 0 Å². The lowest BCUT2D eigenvalue weighted by Crippen LogP contribution is -2.26. The normalized spacial score (nSPS) is 27.0. The van der Waals surface area contributed by atoms with E-state index in [-0.39, 0.29) is 11.9 Å². The van der Waals surface area contributed by atoms with E-state index in [0.717, 1.165) is 5.56 Å². The number of hydrogen-bond acceptors (Lipinski definition) is 3. The SMILES string of the molecule is CN1C(=O)[C@H](O)C[C@H]1c1cccnc1. The molecule has 0 radical (unpaired) electrons. The number of carbonyl (C=O) groups excluding carboxylic acids is 1. The summed E-state index contributed by atoms with van der Waals surface area (Å²) in [6.07, 6.45) is 3.02. The van der Waals surface area contributed by atoms with E-state index < -0.39 is 6.10 Å². The maximum atomic E-state index is 11.3. The molecule has 2 heterocycles. The van der Waals surface area contributed by atoms with Crippen LogP contribution in [0.5, 0.6) is 0 Å². The first-order valence-corrected chi connectivity index (χ1v) is 4.55. The van der Waals surface area contributed by atoms with Crippen LogP contribution in [0.1, 0.15) is 18.0 Å². The van der Waals surface area contributed by atoms with E-state index in [1.807, 2.05) is 12.1 Å². The predicted octanol–water partition coefficient (Wildman–Crippen LogP) is 0.346. The smallest absolute Gasteiger partial charge is 0.251 e. The minimum atomic E-state index is -0.856. The number of pyridine rings is 1. The number of hydrogen-bond donors (Lipinski definition) is 1. The van der Waals surface area contributed by atoms with E-state index in [1.165, 1.54) is 0 Å². The predicted molar refractivity (Wildman–Crippen MR) is 50.4 cm³/mol. The zero-order valence-electron chi connectivity index (χ0n) is 7.92. The standard InChI is InChI=1S/C10H12N2O2/c1-12-8(5-9(13)10(12)14)7-3-2-4-11-6-7/h2-4,6,8-9,13H,5H2,1H3/t8-,9+/m0/s1. The summed E-state index contributed by atoms with van der Waals surface area (Å²) in [6.45, 7) is 0. The van der Waals surface area contributed by atoms with Gasteiger partial charge in [0.1, 0.15) is 6.10 Å². The Balaban J connectivity index is 2.26. The Morgan fingerprint density at radius 2 is 2.43 bits per heavy atom. The largest absolute Gasteiger partial charge is 0.383 e. The van der Waals surface area contributed by atoms with E-state index in [2.05, 4.69) is 4.98 Å². The zero-order valence-corrected chi connectivity index (χ0v) is 7.92. The first kappa shape index (κ1) is 9.15. The third-order valence-corrected chi connectivity index (χ3v) is 2.62. The van der Waals surface area contributed by atoms with E-state index in [0.29, 0.717) is 6.42 Å². The van der Waals surface area contributed by atoms with Crippen LogP contribution in [-0.2, 0) is 4.79 Å². The number of likely N-dealkylation sites (tertiary alicyclic amines) is 1. The van der Waals surface area contributed by atoms with Gasteiger partial charge in [-0.2, -0.15) is 0 Å². The molecule has 1 fully saturated rings. The summed E-state index contributed by atoms with van der Waals surface area (Å²) in [6, 6.07) is 3.71. The van der Waals surface area contributed by atoms with E-state index in [1.54, 1.807) is 24.3 Å². The molecule has 74 valence electrons. The minimum Gasteiger partial charge on any atom is -0.383 e. The average molecular weight is 192 g/mol. The minimum absolute atomic E-state index is 0.0359. The molecule has 1 aromatic rings. The van der Waals surface area contributed by atoms with Gasteiger partial charge in [0.25, 0.3) is 5.91 Å². The molecule has 0 unspecified atom stereocenters. The highest BCUT2D eigenvalue weighted by Gasteiger charge is 2.36. The molecule has 1 aliphatic heterocycles. The monoisotopic (exact) mass is 192 g/mol. The van der Waals surface area contributed by atoms with Crippen molar-refractivity contribution in [1.82, 2.24) is 9.88 Å². The summed E-state index contributed by atoms with van der Waals surface area (Å²) >= 11 is 0. The number of nitrogens with zero attached hydrogens (tertiary/aromatic N) is 2. The maximum absolute atomic E-state index is 11.3. The van der Waals surface area contributed by atoms with E-state index in [4.69, 9.17) is 0 Å². The van der Waals surface area contributed by atoms with Gasteiger partial charge in [0.15, 0.2) is 0 Å². The number of amides is 1. The summed E-state index contributed by atoms with van der Waals surface area (Å²) in [7, 11) is 1.70. The van der Waals surface area contributed by atoms with Gasteiger partial charge in [0.2, 0.25) is 0 Å². The van der Waals surface area contributed by atoms with Crippen molar-refractivity contribution >= 4 is 5.91 Å². The van der Waals surface area contributed by atoms with Gasteiger partial charge in [-0.3, -0.25) is 9.78 Å². The van der Waals surface area contributed by atoms with Gasteiger partial charge in [-0.25, -0.2) is 0 Å². The number of likely N-dealkylation sites (N-methyl/N-ethyl adjacent to an activating group) is 1. The van der Waals surface area contributed by atoms with E-state index in [9.17, 15) is 9.90 Å². The molecule has 0 bridgehead atoms. The Kier molecular flexibility index (Phi) is 2.21. The Morgan fingerprint density at radius 1 is 1.64 bits per heavy atom. The highest BCUT2D eigenvalue weighted by Crippen LogP contribution is 2.30. The molecular formula is C10H12N2O2. The topological polar surface area (TPSA) is 53.4 Å². The molecule has 2 atom stereocenters. The first-order chi connectivity index (χ1) is 6.70. The molecule has 4 heteroatoms. The van der Waals surface area contributed by atoms with Gasteiger partial charge < -0.3 is 10.0 Å². The van der Waals surface area contributed by atoms with Gasteiger partial charge in [-0.1, -0.05) is 6.07 Å². The van der Waals surface area contributed by atoms with E-state index >= 15 is 0 Å². The van der Waals surface area contributed by atoms with Crippen molar-refractivity contribution in [2.75, 3.05) is 7.05 Å². The van der Waals surface area contributed by atoms with Crippen LogP contribution in [-0.4, -0.2) is 34.0 Å². The molecule has 14 heavy (non-hydrogen) atoms. The third kappa shape index (κ3) is 1.37. The molecule has 1 aromatic heterocycles. The fraction of sp³-hybridized carbons (Fsp3) is 0.400. The van der Waals surface area contributed by atoms with Crippen LogP contribution >= 0.6 is 0 Å². The Bertz CT molecular complexity index is 339. The number of rotatable bonds is 1. The van der Waals surface area contributed by atoms with Crippen molar-refractivity contribution < 1.29 is 9.90 Å². The molecular weight excluding hydrogens is 180 g/mol. The summed E-state index contributed by atoms with van der Waals surface area (Å²) < 4.78 is 0. The number of aromatic nitrogens is 1. The number of aliphatic hydroxyl groups excluding tert-OH is 1.